The second kappa shape index (κ2) is 8.72. The molecule has 0 spiro atoms. The van der Waals surface area contributed by atoms with Crippen LogP contribution < -0.4 is 15.8 Å². The molecule has 3 N–H and O–H groups in total. The molecule has 0 saturated carbocycles. The van der Waals surface area contributed by atoms with Gasteiger partial charge in [-0.1, -0.05) is 23.7 Å². The summed E-state index contributed by atoms with van der Waals surface area (Å²) < 4.78 is 13.6. The van der Waals surface area contributed by atoms with Crippen molar-refractivity contribution in [2.45, 2.75) is 37.7 Å². The molecule has 2 aliphatic rings. The number of aromatic nitrogens is 5. The molecule has 1 amide bonds. The van der Waals surface area contributed by atoms with Crippen molar-refractivity contribution in [1.29, 1.82) is 0 Å². The Morgan fingerprint density at radius 1 is 1.25 bits per heavy atom. The van der Waals surface area contributed by atoms with E-state index in [0.717, 1.165) is 31.4 Å². The first-order chi connectivity index (χ1) is 17.4. The van der Waals surface area contributed by atoms with Gasteiger partial charge in [0.25, 0.3) is 5.88 Å². The number of hydrogen-bond acceptors (Lipinski definition) is 8. The first-order valence-electron chi connectivity index (χ1n) is 11.8. The maximum absolute atomic E-state index is 13.1. The summed E-state index contributed by atoms with van der Waals surface area (Å²) in [6, 6.07) is 7.09. The highest BCUT2D eigenvalue weighted by Gasteiger charge is 2.47. The van der Waals surface area contributed by atoms with Crippen molar-refractivity contribution in [3.63, 3.8) is 0 Å². The van der Waals surface area contributed by atoms with Crippen LogP contribution >= 0.6 is 11.6 Å². The van der Waals surface area contributed by atoms with Crippen molar-refractivity contribution in [2.24, 2.45) is 0 Å². The highest BCUT2D eigenvalue weighted by atomic mass is 35.5. The van der Waals surface area contributed by atoms with Gasteiger partial charge in [-0.15, -0.1) is 0 Å². The monoisotopic (exact) mass is 505 g/mol. The number of benzene rings is 1. The first-order valence-corrected chi connectivity index (χ1v) is 12.2. The highest BCUT2D eigenvalue weighted by Crippen LogP contribution is 2.45. The molecular weight excluding hydrogens is 482 g/mol. The summed E-state index contributed by atoms with van der Waals surface area (Å²) in [5.41, 5.74) is 7.65. The van der Waals surface area contributed by atoms with Gasteiger partial charge < -0.3 is 24.9 Å². The van der Waals surface area contributed by atoms with Crippen molar-refractivity contribution < 1.29 is 14.3 Å². The molecular formula is C25H24ClN7O3. The van der Waals surface area contributed by atoms with Gasteiger partial charge in [0.05, 0.1) is 11.7 Å². The summed E-state index contributed by atoms with van der Waals surface area (Å²) in [6.45, 7) is 2.91. The predicted molar refractivity (Wildman–Crippen MR) is 134 cm³/mol. The Labute approximate surface area is 211 Å². The number of nitrogen functional groups attached to an aromatic ring is 1. The SMILES string of the molecule is CC1(c2ccc(Cl)cc2)C(=O)Nc2nc(-c3cn4ccnc4c(OCC4CCCCO4)n3)nc(N)c21. The number of halogens is 1. The molecule has 0 bridgehead atoms. The van der Waals surface area contributed by atoms with Crippen LogP contribution in [0.2, 0.25) is 5.02 Å². The van der Waals surface area contributed by atoms with Gasteiger partial charge in [-0.3, -0.25) is 4.79 Å². The molecule has 5 heterocycles. The van der Waals surface area contributed by atoms with Crippen LogP contribution in [0.15, 0.2) is 42.9 Å². The number of fused-ring (bicyclic) bond motifs is 2. The fourth-order valence-corrected chi connectivity index (χ4v) is 4.92. The van der Waals surface area contributed by atoms with Crippen LogP contribution in [0.3, 0.4) is 0 Å². The molecule has 6 rings (SSSR count). The minimum absolute atomic E-state index is 0.0202. The van der Waals surface area contributed by atoms with Crippen LogP contribution in [-0.4, -0.2) is 49.6 Å². The number of imidazole rings is 1. The van der Waals surface area contributed by atoms with Crippen LogP contribution in [-0.2, 0) is 14.9 Å². The molecule has 1 aromatic carbocycles. The van der Waals surface area contributed by atoms with E-state index in [1.165, 1.54) is 0 Å². The molecule has 10 nitrogen and oxygen atoms in total. The molecule has 1 saturated heterocycles. The molecule has 0 radical (unpaired) electrons. The molecule has 1 fully saturated rings. The molecule has 2 aliphatic heterocycles. The average Bonchev–Trinajstić information content (AvgIpc) is 3.46. The number of nitrogens with two attached hydrogens (primary N) is 1. The van der Waals surface area contributed by atoms with Crippen LogP contribution in [0.4, 0.5) is 11.6 Å². The van der Waals surface area contributed by atoms with E-state index >= 15 is 0 Å². The quantitative estimate of drug-likeness (QED) is 0.420. The van der Waals surface area contributed by atoms with E-state index in [2.05, 4.69) is 25.3 Å². The molecule has 3 aromatic heterocycles. The predicted octanol–water partition coefficient (Wildman–Crippen LogP) is 3.63. The number of carbonyl (C=O) groups excluding carboxylic acids is 1. The van der Waals surface area contributed by atoms with Crippen LogP contribution in [0, 0.1) is 0 Å². The van der Waals surface area contributed by atoms with Gasteiger partial charge in [-0.25, -0.2) is 19.9 Å². The third-order valence-electron chi connectivity index (χ3n) is 6.80. The van der Waals surface area contributed by atoms with E-state index in [1.54, 1.807) is 54.2 Å². The number of carbonyl (C=O) groups is 1. The zero-order chi connectivity index (χ0) is 24.9. The van der Waals surface area contributed by atoms with Gasteiger partial charge in [0.2, 0.25) is 11.6 Å². The second-order valence-electron chi connectivity index (χ2n) is 9.13. The van der Waals surface area contributed by atoms with E-state index in [4.69, 9.17) is 26.8 Å². The molecule has 11 heteroatoms. The summed E-state index contributed by atoms with van der Waals surface area (Å²) >= 11 is 6.05. The molecule has 0 aliphatic carbocycles. The average molecular weight is 506 g/mol. The molecule has 36 heavy (non-hydrogen) atoms. The minimum atomic E-state index is -1.06. The van der Waals surface area contributed by atoms with E-state index in [-0.39, 0.29) is 23.7 Å². The molecule has 2 atom stereocenters. The summed E-state index contributed by atoms with van der Waals surface area (Å²) in [5, 5.41) is 3.45. The summed E-state index contributed by atoms with van der Waals surface area (Å²) in [6.07, 6.45) is 8.36. The molecule has 4 aromatic rings. The highest BCUT2D eigenvalue weighted by molar-refractivity contribution is 6.30. The maximum Gasteiger partial charge on any atom is 0.259 e. The van der Waals surface area contributed by atoms with Gasteiger partial charge in [-0.05, 0) is 43.9 Å². The Balaban J connectivity index is 1.38. The Hall–Kier alpha value is -3.76. The van der Waals surface area contributed by atoms with Crippen molar-refractivity contribution >= 4 is 34.8 Å². The first kappa shape index (κ1) is 22.7. The maximum atomic E-state index is 13.1. The Morgan fingerprint density at radius 3 is 2.86 bits per heavy atom. The molecule has 184 valence electrons. The van der Waals surface area contributed by atoms with E-state index < -0.39 is 5.41 Å². The normalized spacial score (nSPS) is 21.4. The lowest BCUT2D eigenvalue weighted by atomic mass is 9.78. The van der Waals surface area contributed by atoms with E-state index in [0.29, 0.717) is 40.2 Å². The third-order valence-corrected chi connectivity index (χ3v) is 7.05. The number of amides is 1. The van der Waals surface area contributed by atoms with E-state index in [9.17, 15) is 4.79 Å². The standard InChI is InChI=1S/C25H24ClN7O3/c1-25(14-5-7-15(26)8-6-14)18-19(27)30-20(31-21(18)32-24(25)34)17-12-33-10-9-28-22(33)23(29-17)36-13-16-4-2-3-11-35-16/h5-10,12,16H,2-4,11,13H2,1H3,(H3,27,30,31,32,34). The van der Waals surface area contributed by atoms with Gasteiger partial charge >= 0.3 is 0 Å². The summed E-state index contributed by atoms with van der Waals surface area (Å²) in [5.74, 6) is 0.917. The van der Waals surface area contributed by atoms with Crippen molar-refractivity contribution in [1.82, 2.24) is 24.3 Å². The fraction of sp³-hybridized carbons (Fsp3) is 0.320. The smallest absolute Gasteiger partial charge is 0.259 e. The number of rotatable bonds is 5. The number of ether oxygens (including phenoxy) is 2. The summed E-state index contributed by atoms with van der Waals surface area (Å²) in [7, 11) is 0. The zero-order valence-corrected chi connectivity index (χ0v) is 20.3. The minimum Gasteiger partial charge on any atom is -0.472 e. The Morgan fingerprint density at radius 2 is 2.08 bits per heavy atom. The van der Waals surface area contributed by atoms with Gasteiger partial charge in [-0.2, -0.15) is 0 Å². The zero-order valence-electron chi connectivity index (χ0n) is 19.6. The number of nitrogens with zero attached hydrogens (tertiary/aromatic N) is 5. The number of hydrogen-bond donors (Lipinski definition) is 2. The van der Waals surface area contributed by atoms with Crippen LogP contribution in [0.5, 0.6) is 5.88 Å². The lowest BCUT2D eigenvalue weighted by Gasteiger charge is -2.23. The van der Waals surface area contributed by atoms with Crippen molar-refractivity contribution in [3.05, 3.63) is 59.0 Å². The Kier molecular flexibility index (Phi) is 5.50. The lowest BCUT2D eigenvalue weighted by molar-refractivity contribution is -0.119. The van der Waals surface area contributed by atoms with Crippen molar-refractivity contribution in [3.8, 4) is 17.4 Å². The summed E-state index contributed by atoms with van der Waals surface area (Å²) in [4.78, 5) is 31.3. The largest absolute Gasteiger partial charge is 0.472 e. The van der Waals surface area contributed by atoms with Crippen LogP contribution in [0.25, 0.3) is 17.2 Å². The topological polar surface area (TPSA) is 130 Å². The number of nitrogens with one attached hydrogen (secondary N) is 1. The fourth-order valence-electron chi connectivity index (χ4n) is 4.80. The Bertz CT molecular complexity index is 1470. The van der Waals surface area contributed by atoms with Gasteiger partial charge in [0, 0.05) is 30.2 Å². The third kappa shape index (κ3) is 3.73. The lowest BCUT2D eigenvalue weighted by Crippen LogP contribution is -2.32. The van der Waals surface area contributed by atoms with Crippen molar-refractivity contribution in [2.75, 3.05) is 24.3 Å². The van der Waals surface area contributed by atoms with Gasteiger partial charge in [0.1, 0.15) is 29.4 Å². The van der Waals surface area contributed by atoms with E-state index in [1.807, 2.05) is 0 Å². The van der Waals surface area contributed by atoms with Crippen LogP contribution in [0.1, 0.15) is 37.3 Å². The number of anilines is 2. The second-order valence-corrected chi connectivity index (χ2v) is 9.57. The molecule has 2 unspecified atom stereocenters. The van der Waals surface area contributed by atoms with Gasteiger partial charge in [0.15, 0.2) is 5.82 Å².